The van der Waals surface area contributed by atoms with Crippen LogP contribution in [0, 0.1) is 0 Å². The van der Waals surface area contributed by atoms with E-state index in [1.54, 1.807) is 17.6 Å². The molecule has 0 aliphatic rings. The van der Waals surface area contributed by atoms with Crippen molar-refractivity contribution in [3.63, 3.8) is 0 Å². The number of hydrogen-bond acceptors (Lipinski definition) is 4. The second kappa shape index (κ2) is 7.50. The Labute approximate surface area is 134 Å². The fraction of sp³-hybridized carbons (Fsp3) is 0.250. The van der Waals surface area contributed by atoms with Gasteiger partial charge in [-0.25, -0.2) is 0 Å². The minimum atomic E-state index is 0. The maximum Gasteiger partial charge on any atom is 0.175 e. The summed E-state index contributed by atoms with van der Waals surface area (Å²) in [4.78, 5) is 1.24. The van der Waals surface area contributed by atoms with E-state index in [4.69, 9.17) is 9.15 Å². The first-order chi connectivity index (χ1) is 9.88. The van der Waals surface area contributed by atoms with Crippen LogP contribution >= 0.6 is 23.7 Å². The van der Waals surface area contributed by atoms with E-state index in [0.29, 0.717) is 0 Å². The van der Waals surface area contributed by atoms with E-state index in [1.807, 2.05) is 31.3 Å². The number of nitrogens with one attached hydrogen (secondary N) is 1. The number of benzene rings is 1. The lowest BCUT2D eigenvalue weighted by molar-refractivity contribution is 0.199. The van der Waals surface area contributed by atoms with E-state index in [-0.39, 0.29) is 18.5 Å². The zero-order valence-corrected chi connectivity index (χ0v) is 13.4. The predicted octanol–water partition coefficient (Wildman–Crippen LogP) is 4.65. The quantitative estimate of drug-likeness (QED) is 0.717. The smallest absolute Gasteiger partial charge is 0.175 e. The second-order valence-corrected chi connectivity index (χ2v) is 5.59. The van der Waals surface area contributed by atoms with Crippen molar-refractivity contribution in [2.45, 2.75) is 12.5 Å². The van der Waals surface area contributed by atoms with Crippen molar-refractivity contribution in [3.8, 4) is 5.75 Å². The monoisotopic (exact) mass is 323 g/mol. The molecular weight excluding hydrogens is 306 g/mol. The molecule has 1 N–H and O–H groups in total. The van der Waals surface area contributed by atoms with Crippen molar-refractivity contribution < 1.29 is 9.15 Å². The summed E-state index contributed by atoms with van der Waals surface area (Å²) in [6.07, 6.45) is 2.68. The molecule has 3 aromatic rings. The summed E-state index contributed by atoms with van der Waals surface area (Å²) in [5, 5.41) is 6.33. The molecule has 0 aliphatic heterocycles. The standard InChI is InChI=1S/C16H17NO2S.ClH/c1-17-9-7-13(15-6-3-11-20-15)19-14-5-2-4-12-8-10-18-16(12)14;/h2-6,8,10-11,13,17H,7,9H2,1H3;1H/t13-;/m1./s1. The average molecular weight is 324 g/mol. The summed E-state index contributed by atoms with van der Waals surface area (Å²) >= 11 is 1.72. The number of hydrogen-bond donors (Lipinski definition) is 1. The van der Waals surface area contributed by atoms with Gasteiger partial charge in [0.25, 0.3) is 0 Å². The van der Waals surface area contributed by atoms with Gasteiger partial charge in [0.1, 0.15) is 6.10 Å². The first-order valence-corrected chi connectivity index (χ1v) is 7.57. The van der Waals surface area contributed by atoms with Crippen LogP contribution in [0.3, 0.4) is 0 Å². The highest BCUT2D eigenvalue weighted by molar-refractivity contribution is 7.10. The molecule has 0 amide bonds. The van der Waals surface area contributed by atoms with Crippen molar-refractivity contribution in [2.75, 3.05) is 13.6 Å². The molecule has 0 spiro atoms. The van der Waals surface area contributed by atoms with Gasteiger partial charge in [-0.05, 0) is 37.2 Å². The lowest BCUT2D eigenvalue weighted by Crippen LogP contribution is -2.15. The highest BCUT2D eigenvalue weighted by atomic mass is 35.5. The largest absolute Gasteiger partial charge is 0.481 e. The number of thiophene rings is 1. The molecule has 3 nitrogen and oxygen atoms in total. The van der Waals surface area contributed by atoms with Gasteiger partial charge in [0.15, 0.2) is 11.3 Å². The minimum Gasteiger partial charge on any atom is -0.481 e. The minimum absolute atomic E-state index is 0. The third-order valence-electron chi connectivity index (χ3n) is 3.23. The van der Waals surface area contributed by atoms with Crippen LogP contribution in [0.2, 0.25) is 0 Å². The van der Waals surface area contributed by atoms with Gasteiger partial charge in [-0.3, -0.25) is 0 Å². The molecule has 0 bridgehead atoms. The molecule has 112 valence electrons. The first kappa shape index (κ1) is 15.9. The lowest BCUT2D eigenvalue weighted by atomic mass is 10.2. The second-order valence-electron chi connectivity index (χ2n) is 4.61. The molecule has 1 atom stereocenters. The van der Waals surface area contributed by atoms with Crippen molar-refractivity contribution in [1.82, 2.24) is 5.32 Å². The van der Waals surface area contributed by atoms with Gasteiger partial charge in [0, 0.05) is 16.7 Å². The third-order valence-corrected chi connectivity index (χ3v) is 4.19. The molecular formula is C16H18ClNO2S. The Morgan fingerprint density at radius 2 is 2.14 bits per heavy atom. The van der Waals surface area contributed by atoms with E-state index in [1.165, 1.54) is 4.88 Å². The van der Waals surface area contributed by atoms with Gasteiger partial charge in [-0.2, -0.15) is 0 Å². The highest BCUT2D eigenvalue weighted by Gasteiger charge is 2.16. The maximum atomic E-state index is 6.21. The average Bonchev–Trinajstić information content (AvgIpc) is 3.14. The number of para-hydroxylation sites is 1. The molecule has 0 fully saturated rings. The van der Waals surface area contributed by atoms with E-state index >= 15 is 0 Å². The van der Waals surface area contributed by atoms with E-state index < -0.39 is 0 Å². The molecule has 0 saturated carbocycles. The van der Waals surface area contributed by atoms with Gasteiger partial charge >= 0.3 is 0 Å². The molecule has 21 heavy (non-hydrogen) atoms. The van der Waals surface area contributed by atoms with Crippen LogP contribution in [0.25, 0.3) is 11.0 Å². The molecule has 0 aliphatic carbocycles. The topological polar surface area (TPSA) is 34.4 Å². The summed E-state index contributed by atoms with van der Waals surface area (Å²) < 4.78 is 11.7. The number of fused-ring (bicyclic) bond motifs is 1. The van der Waals surface area contributed by atoms with Gasteiger partial charge in [0.2, 0.25) is 0 Å². The van der Waals surface area contributed by atoms with E-state index in [0.717, 1.165) is 29.7 Å². The van der Waals surface area contributed by atoms with Crippen LogP contribution in [0.4, 0.5) is 0 Å². The van der Waals surface area contributed by atoms with E-state index in [2.05, 4.69) is 22.8 Å². The van der Waals surface area contributed by atoms with Gasteiger partial charge < -0.3 is 14.5 Å². The van der Waals surface area contributed by atoms with E-state index in [9.17, 15) is 0 Å². The third kappa shape index (κ3) is 3.59. The predicted molar refractivity (Wildman–Crippen MR) is 89.7 cm³/mol. The Bertz CT molecular complexity index is 666. The van der Waals surface area contributed by atoms with Crippen LogP contribution in [-0.4, -0.2) is 13.6 Å². The Kier molecular flexibility index (Phi) is 5.67. The van der Waals surface area contributed by atoms with Gasteiger partial charge in [-0.1, -0.05) is 18.2 Å². The molecule has 0 saturated heterocycles. The zero-order valence-electron chi connectivity index (χ0n) is 11.7. The van der Waals surface area contributed by atoms with Gasteiger partial charge in [-0.15, -0.1) is 23.7 Å². The highest BCUT2D eigenvalue weighted by Crippen LogP contribution is 2.33. The Morgan fingerprint density at radius 1 is 1.24 bits per heavy atom. The molecule has 0 unspecified atom stereocenters. The van der Waals surface area contributed by atoms with Crippen LogP contribution in [0.5, 0.6) is 5.75 Å². The lowest BCUT2D eigenvalue weighted by Gasteiger charge is -2.18. The normalized spacial score (nSPS) is 12.0. The van der Waals surface area contributed by atoms with Crippen molar-refractivity contribution in [3.05, 3.63) is 52.9 Å². The number of rotatable bonds is 6. The van der Waals surface area contributed by atoms with Crippen LogP contribution in [0.15, 0.2) is 52.5 Å². The summed E-state index contributed by atoms with van der Waals surface area (Å²) in [6, 6.07) is 12.1. The van der Waals surface area contributed by atoms with Crippen LogP contribution in [-0.2, 0) is 0 Å². The zero-order chi connectivity index (χ0) is 13.8. The van der Waals surface area contributed by atoms with Crippen LogP contribution < -0.4 is 10.1 Å². The van der Waals surface area contributed by atoms with Crippen molar-refractivity contribution in [2.24, 2.45) is 0 Å². The maximum absolute atomic E-state index is 6.21. The molecule has 3 rings (SSSR count). The van der Waals surface area contributed by atoms with Crippen molar-refractivity contribution >= 4 is 34.7 Å². The molecule has 0 radical (unpaired) electrons. The van der Waals surface area contributed by atoms with Crippen molar-refractivity contribution in [1.29, 1.82) is 0 Å². The summed E-state index contributed by atoms with van der Waals surface area (Å²) in [6.45, 7) is 0.913. The number of ether oxygens (including phenoxy) is 1. The summed E-state index contributed by atoms with van der Waals surface area (Å²) in [7, 11) is 1.96. The molecule has 2 aromatic heterocycles. The molecule has 1 aromatic carbocycles. The Balaban J connectivity index is 0.00000161. The van der Waals surface area contributed by atoms with Crippen LogP contribution in [0.1, 0.15) is 17.4 Å². The molecule has 2 heterocycles. The number of halogens is 1. The fourth-order valence-electron chi connectivity index (χ4n) is 2.22. The van der Waals surface area contributed by atoms with Gasteiger partial charge in [0.05, 0.1) is 6.26 Å². The number of furan rings is 1. The summed E-state index contributed by atoms with van der Waals surface area (Å²) in [5.41, 5.74) is 0.818. The SMILES string of the molecule is CNCC[C@@H](Oc1cccc2ccoc12)c1cccs1.Cl. The fourth-order valence-corrected chi connectivity index (χ4v) is 3.01. The Hall–Kier alpha value is -1.49. The Morgan fingerprint density at radius 3 is 2.90 bits per heavy atom. The first-order valence-electron chi connectivity index (χ1n) is 6.69. The summed E-state index contributed by atoms with van der Waals surface area (Å²) in [5.74, 6) is 0.807. The molecule has 5 heteroatoms.